The van der Waals surface area contributed by atoms with Crippen LogP contribution in [0.5, 0.6) is 0 Å². The van der Waals surface area contributed by atoms with Crippen molar-refractivity contribution < 1.29 is 4.74 Å². The number of hydrogen-bond donors (Lipinski definition) is 1. The number of imidazole rings is 1. The fourth-order valence-corrected chi connectivity index (χ4v) is 4.70. The maximum absolute atomic E-state index is 6.33. The molecule has 174 valence electrons. The molecule has 5 nitrogen and oxygen atoms in total. The zero-order valence-corrected chi connectivity index (χ0v) is 20.0. The highest BCUT2D eigenvalue weighted by Gasteiger charge is 2.20. The third-order valence-corrected chi connectivity index (χ3v) is 6.36. The molecule has 1 fully saturated rings. The topological polar surface area (TPSA) is 66.0 Å². The lowest BCUT2D eigenvalue weighted by Crippen LogP contribution is -2.10. The van der Waals surface area contributed by atoms with Crippen molar-refractivity contribution in [2.75, 3.05) is 12.3 Å². The summed E-state index contributed by atoms with van der Waals surface area (Å²) in [6, 6.07) is 8.20. The second-order valence-corrected chi connectivity index (χ2v) is 8.55. The number of nitrogen functional groups attached to an aromatic ring is 1. The average molecular weight is 445 g/mol. The first kappa shape index (κ1) is 24.4. The first-order chi connectivity index (χ1) is 16.2. The zero-order valence-electron chi connectivity index (χ0n) is 20.0. The van der Waals surface area contributed by atoms with E-state index in [-0.39, 0.29) is 0 Å². The molecule has 3 aromatic rings. The minimum atomic E-state index is 0.512. The summed E-state index contributed by atoms with van der Waals surface area (Å²) in [5.74, 6) is 3.40. The molecule has 2 heterocycles. The number of benzene rings is 1. The van der Waals surface area contributed by atoms with E-state index in [4.69, 9.17) is 15.5 Å². The van der Waals surface area contributed by atoms with Crippen LogP contribution in [0.4, 0.5) is 5.82 Å². The minimum absolute atomic E-state index is 0.512. The Morgan fingerprint density at radius 2 is 1.97 bits per heavy atom. The van der Waals surface area contributed by atoms with Gasteiger partial charge >= 0.3 is 0 Å². The first-order valence-corrected chi connectivity index (χ1v) is 11.9. The molecule has 2 aromatic heterocycles. The number of allylic oxidation sites excluding steroid dienone is 4. The Hall–Kier alpha value is -3.26. The molecule has 0 amide bonds. The highest BCUT2D eigenvalue weighted by Crippen LogP contribution is 2.32. The monoisotopic (exact) mass is 444 g/mol. The molecule has 1 aromatic carbocycles. The maximum Gasteiger partial charge on any atom is 0.152 e. The van der Waals surface area contributed by atoms with Crippen molar-refractivity contribution in [1.82, 2.24) is 14.5 Å². The summed E-state index contributed by atoms with van der Waals surface area (Å²) >= 11 is 0. The molecule has 2 N–H and O–H groups in total. The van der Waals surface area contributed by atoms with Gasteiger partial charge in [0.1, 0.15) is 17.9 Å². The van der Waals surface area contributed by atoms with E-state index in [9.17, 15) is 0 Å². The van der Waals surface area contributed by atoms with Crippen molar-refractivity contribution in [2.24, 2.45) is 5.92 Å². The van der Waals surface area contributed by atoms with Crippen molar-refractivity contribution in [1.29, 1.82) is 0 Å². The number of fused-ring (bicyclic) bond motifs is 3. The summed E-state index contributed by atoms with van der Waals surface area (Å²) in [5.41, 5.74) is 9.16. The predicted molar refractivity (Wildman–Crippen MR) is 139 cm³/mol. The standard InChI is InChI=1S/C26H34N4O.C2H2/c1-3-4-5-10-19(2)31-18-17-30-23(16-15-20-11-6-7-12-20)29-24-25(30)21-13-8-9-14-22(21)28-26(24)27;1-2/h3-4,8-10,13-14,20H,5-7,11-12,15-18H2,1-2H3,(H2,27,28);1-2H/b4-3-,19-10+;. The number of hydrogen-bond acceptors (Lipinski definition) is 4. The van der Waals surface area contributed by atoms with Gasteiger partial charge in [-0.3, -0.25) is 0 Å². The van der Waals surface area contributed by atoms with E-state index in [1.165, 1.54) is 32.1 Å². The van der Waals surface area contributed by atoms with Crippen LogP contribution in [-0.4, -0.2) is 21.1 Å². The molecule has 0 aliphatic heterocycles. The van der Waals surface area contributed by atoms with Crippen LogP contribution in [-0.2, 0) is 17.7 Å². The number of anilines is 1. The van der Waals surface area contributed by atoms with Gasteiger partial charge in [-0.2, -0.15) is 0 Å². The second-order valence-electron chi connectivity index (χ2n) is 8.55. The van der Waals surface area contributed by atoms with Crippen LogP contribution in [0.1, 0.15) is 58.2 Å². The Bertz CT molecular complexity index is 1130. The SMILES string of the molecule is C#C.C/C=C\C/C=C(\C)OCCn1c(CCC2CCCC2)nc2c(N)nc3ccccc3c21. The van der Waals surface area contributed by atoms with E-state index in [0.717, 1.165) is 58.8 Å². The third kappa shape index (κ3) is 5.96. The van der Waals surface area contributed by atoms with Gasteiger partial charge in [-0.05, 0) is 44.7 Å². The Morgan fingerprint density at radius 3 is 2.73 bits per heavy atom. The van der Waals surface area contributed by atoms with E-state index in [0.29, 0.717) is 12.4 Å². The fraction of sp³-hybridized carbons (Fsp3) is 0.429. The van der Waals surface area contributed by atoms with Gasteiger partial charge in [0, 0.05) is 11.8 Å². The van der Waals surface area contributed by atoms with E-state index in [2.05, 4.69) is 52.8 Å². The van der Waals surface area contributed by atoms with Crippen LogP contribution >= 0.6 is 0 Å². The molecular weight excluding hydrogens is 408 g/mol. The van der Waals surface area contributed by atoms with Gasteiger partial charge in [-0.25, -0.2) is 9.97 Å². The summed E-state index contributed by atoms with van der Waals surface area (Å²) in [6.45, 7) is 5.41. The highest BCUT2D eigenvalue weighted by atomic mass is 16.5. The summed E-state index contributed by atoms with van der Waals surface area (Å²) in [5, 5.41) is 1.10. The largest absolute Gasteiger partial charge is 0.497 e. The molecule has 33 heavy (non-hydrogen) atoms. The van der Waals surface area contributed by atoms with Crippen molar-refractivity contribution in [2.45, 2.75) is 65.3 Å². The van der Waals surface area contributed by atoms with E-state index in [1.807, 2.05) is 26.0 Å². The van der Waals surface area contributed by atoms with Crippen LogP contribution in [0.15, 0.2) is 48.3 Å². The average Bonchev–Trinajstić information content (AvgIpc) is 3.48. The van der Waals surface area contributed by atoms with Crippen LogP contribution in [0.25, 0.3) is 21.9 Å². The molecule has 1 saturated carbocycles. The van der Waals surface area contributed by atoms with Gasteiger partial charge in [-0.1, -0.05) is 56.0 Å². The number of terminal acetylenes is 1. The van der Waals surface area contributed by atoms with Gasteiger partial charge in [0.05, 0.1) is 23.3 Å². The number of rotatable bonds is 9. The van der Waals surface area contributed by atoms with Crippen molar-refractivity contribution in [3.05, 3.63) is 54.1 Å². The van der Waals surface area contributed by atoms with Crippen molar-refractivity contribution in [3.63, 3.8) is 0 Å². The smallest absolute Gasteiger partial charge is 0.152 e. The van der Waals surface area contributed by atoms with Gasteiger partial charge < -0.3 is 15.0 Å². The molecule has 0 radical (unpaired) electrons. The Balaban J connectivity index is 0.00000149. The lowest BCUT2D eigenvalue weighted by Gasteiger charge is -2.13. The number of pyridine rings is 1. The van der Waals surface area contributed by atoms with Crippen LogP contribution in [0.3, 0.4) is 0 Å². The molecular formula is C28H36N4O. The molecule has 0 saturated heterocycles. The molecule has 5 heteroatoms. The van der Waals surface area contributed by atoms with E-state index < -0.39 is 0 Å². The summed E-state index contributed by atoms with van der Waals surface area (Å²) in [7, 11) is 0. The molecule has 0 atom stereocenters. The quantitative estimate of drug-likeness (QED) is 0.235. The van der Waals surface area contributed by atoms with E-state index >= 15 is 0 Å². The van der Waals surface area contributed by atoms with E-state index in [1.54, 1.807) is 0 Å². The molecule has 1 aliphatic carbocycles. The molecule has 4 rings (SSSR count). The highest BCUT2D eigenvalue weighted by molar-refractivity contribution is 6.06. The fourth-order valence-electron chi connectivity index (χ4n) is 4.70. The first-order valence-electron chi connectivity index (χ1n) is 11.9. The van der Waals surface area contributed by atoms with Crippen LogP contribution in [0.2, 0.25) is 0 Å². The number of aryl methyl sites for hydroxylation is 1. The van der Waals surface area contributed by atoms with Crippen LogP contribution in [0, 0.1) is 18.8 Å². The summed E-state index contributed by atoms with van der Waals surface area (Å²) < 4.78 is 8.34. The second kappa shape index (κ2) is 12.1. The van der Waals surface area contributed by atoms with Gasteiger partial charge in [0.2, 0.25) is 0 Å². The Morgan fingerprint density at radius 1 is 1.21 bits per heavy atom. The van der Waals surface area contributed by atoms with Crippen molar-refractivity contribution in [3.8, 4) is 12.8 Å². The predicted octanol–water partition coefficient (Wildman–Crippen LogP) is 6.43. The maximum atomic E-state index is 6.33. The molecule has 1 aliphatic rings. The summed E-state index contributed by atoms with van der Waals surface area (Å²) in [6.07, 6.45) is 22.8. The van der Waals surface area contributed by atoms with Gasteiger partial charge in [0.15, 0.2) is 5.82 Å². The lowest BCUT2D eigenvalue weighted by atomic mass is 10.0. The molecule has 0 spiro atoms. The van der Waals surface area contributed by atoms with Gasteiger partial charge in [0.25, 0.3) is 0 Å². The number of aromatic nitrogens is 3. The molecule has 0 bridgehead atoms. The third-order valence-electron chi connectivity index (χ3n) is 6.36. The Kier molecular flexibility index (Phi) is 8.95. The van der Waals surface area contributed by atoms with Gasteiger partial charge in [-0.15, -0.1) is 12.8 Å². The normalized spacial score (nSPS) is 14.7. The lowest BCUT2D eigenvalue weighted by molar-refractivity contribution is 0.201. The number of ether oxygens (including phenoxy) is 1. The van der Waals surface area contributed by atoms with Crippen LogP contribution < -0.4 is 5.73 Å². The molecule has 0 unspecified atom stereocenters. The minimum Gasteiger partial charge on any atom is -0.497 e. The number of nitrogens with two attached hydrogens (primary N) is 1. The Labute approximate surface area is 197 Å². The number of nitrogens with zero attached hydrogens (tertiary/aromatic N) is 3. The zero-order chi connectivity index (χ0) is 23.6. The number of para-hydroxylation sites is 1. The summed E-state index contributed by atoms with van der Waals surface area (Å²) in [4.78, 5) is 9.58. The van der Waals surface area contributed by atoms with Crippen molar-refractivity contribution >= 4 is 27.8 Å².